The first-order valence-corrected chi connectivity index (χ1v) is 8.72. The number of hydrogen-bond donors (Lipinski definition) is 2. The van der Waals surface area contributed by atoms with E-state index in [1.54, 1.807) is 12.1 Å². The van der Waals surface area contributed by atoms with Crippen molar-refractivity contribution in [3.63, 3.8) is 0 Å². The Labute approximate surface area is 145 Å². The van der Waals surface area contributed by atoms with E-state index in [9.17, 15) is 14.7 Å². The van der Waals surface area contributed by atoms with E-state index in [0.29, 0.717) is 24.0 Å². The van der Waals surface area contributed by atoms with Crippen LogP contribution in [0.4, 0.5) is 0 Å². The van der Waals surface area contributed by atoms with Crippen LogP contribution in [0.5, 0.6) is 5.75 Å². The first-order chi connectivity index (χ1) is 11.6. The van der Waals surface area contributed by atoms with Crippen LogP contribution in [0.15, 0.2) is 40.7 Å². The van der Waals surface area contributed by atoms with Gasteiger partial charge in [-0.3, -0.25) is 9.59 Å². The lowest BCUT2D eigenvalue weighted by molar-refractivity contribution is -0.116. The fourth-order valence-electron chi connectivity index (χ4n) is 4.02. The highest BCUT2D eigenvalue weighted by atomic mass is 35.5. The van der Waals surface area contributed by atoms with Crippen LogP contribution in [0.25, 0.3) is 0 Å². The molecule has 0 saturated carbocycles. The number of dihydropyridines is 1. The highest BCUT2D eigenvalue weighted by molar-refractivity contribution is 6.32. The molecule has 0 bridgehead atoms. The average molecular weight is 344 g/mol. The molecule has 1 aromatic rings. The summed E-state index contributed by atoms with van der Waals surface area (Å²) in [5.41, 5.74) is 4.11. The van der Waals surface area contributed by atoms with Crippen molar-refractivity contribution in [2.45, 2.75) is 44.4 Å². The van der Waals surface area contributed by atoms with Gasteiger partial charge in [-0.1, -0.05) is 17.7 Å². The van der Waals surface area contributed by atoms with Crippen LogP contribution in [0.2, 0.25) is 5.02 Å². The molecule has 2 aliphatic carbocycles. The summed E-state index contributed by atoms with van der Waals surface area (Å²) >= 11 is 6.09. The second kappa shape index (κ2) is 5.78. The summed E-state index contributed by atoms with van der Waals surface area (Å²) in [7, 11) is 0. The number of nitrogens with one attached hydrogen (secondary N) is 1. The zero-order chi connectivity index (χ0) is 16.8. The lowest BCUT2D eigenvalue weighted by Crippen LogP contribution is -2.36. The highest BCUT2D eigenvalue weighted by Gasteiger charge is 2.40. The Balaban J connectivity index is 1.92. The Hall–Kier alpha value is -2.07. The molecule has 1 aliphatic heterocycles. The number of benzene rings is 1. The molecule has 24 heavy (non-hydrogen) atoms. The second-order valence-electron chi connectivity index (χ2n) is 6.61. The standard InChI is InChI=1S/C19H18ClNO3/c20-11-9-10(7-8-14(11)22)17-18-12(3-1-5-15(18)23)21-13-4-2-6-16(24)19(13)17/h7-9,17,21-22H,1-6H2. The lowest BCUT2D eigenvalue weighted by Gasteiger charge is -2.37. The SMILES string of the molecule is O=C1CCCC2=C1C(c1ccc(O)c(Cl)c1)C1=C(CCCC1=O)N2. The van der Waals surface area contributed by atoms with Crippen LogP contribution in [-0.2, 0) is 9.59 Å². The zero-order valence-electron chi connectivity index (χ0n) is 13.2. The summed E-state index contributed by atoms with van der Waals surface area (Å²) in [6.45, 7) is 0. The quantitative estimate of drug-likeness (QED) is 0.815. The summed E-state index contributed by atoms with van der Waals surface area (Å²) in [6.07, 6.45) is 4.36. The number of aromatic hydroxyl groups is 1. The van der Waals surface area contributed by atoms with Crippen molar-refractivity contribution in [3.8, 4) is 5.75 Å². The van der Waals surface area contributed by atoms with Crippen molar-refractivity contribution in [1.29, 1.82) is 0 Å². The fraction of sp³-hybridized carbons (Fsp3) is 0.368. The van der Waals surface area contributed by atoms with Gasteiger partial charge in [-0.05, 0) is 43.4 Å². The topological polar surface area (TPSA) is 66.4 Å². The molecule has 2 N–H and O–H groups in total. The largest absolute Gasteiger partial charge is 0.506 e. The molecule has 0 amide bonds. The Kier molecular flexibility index (Phi) is 3.72. The third-order valence-corrected chi connectivity index (χ3v) is 5.40. The Morgan fingerprint density at radius 2 is 1.54 bits per heavy atom. The average Bonchev–Trinajstić information content (AvgIpc) is 2.56. The summed E-state index contributed by atoms with van der Waals surface area (Å²) in [5.74, 6) is -0.164. The Morgan fingerprint density at radius 1 is 0.958 bits per heavy atom. The molecule has 0 saturated heterocycles. The van der Waals surface area contributed by atoms with Gasteiger partial charge in [0.05, 0.1) is 5.02 Å². The summed E-state index contributed by atoms with van der Waals surface area (Å²) < 4.78 is 0. The minimum Gasteiger partial charge on any atom is -0.506 e. The number of rotatable bonds is 1. The molecule has 1 aromatic carbocycles. The van der Waals surface area contributed by atoms with Crippen molar-refractivity contribution in [1.82, 2.24) is 5.32 Å². The molecular weight excluding hydrogens is 326 g/mol. The maximum Gasteiger partial charge on any atom is 0.161 e. The monoisotopic (exact) mass is 343 g/mol. The second-order valence-corrected chi connectivity index (χ2v) is 7.01. The number of ketones is 2. The maximum absolute atomic E-state index is 12.6. The molecular formula is C19H18ClNO3. The molecule has 4 rings (SSSR count). The maximum atomic E-state index is 12.6. The molecule has 3 aliphatic rings. The normalized spacial score (nSPS) is 21.5. The van der Waals surface area contributed by atoms with Crippen molar-refractivity contribution in [2.24, 2.45) is 0 Å². The van der Waals surface area contributed by atoms with Crippen LogP contribution in [0.1, 0.15) is 50.0 Å². The molecule has 5 heteroatoms. The van der Waals surface area contributed by atoms with E-state index < -0.39 is 0 Å². The van der Waals surface area contributed by atoms with Gasteiger partial charge < -0.3 is 10.4 Å². The summed E-state index contributed by atoms with van der Waals surface area (Å²) in [5, 5.41) is 13.3. The molecule has 0 atom stereocenters. The van der Waals surface area contributed by atoms with Crippen LogP contribution in [0, 0.1) is 0 Å². The Bertz CT molecular complexity index is 780. The van der Waals surface area contributed by atoms with Gasteiger partial charge in [0.2, 0.25) is 0 Å². The van der Waals surface area contributed by atoms with Crippen molar-refractivity contribution < 1.29 is 14.7 Å². The van der Waals surface area contributed by atoms with E-state index in [1.807, 2.05) is 0 Å². The number of carbonyl (C=O) groups is 2. The van der Waals surface area contributed by atoms with Gasteiger partial charge >= 0.3 is 0 Å². The molecule has 0 radical (unpaired) electrons. The minimum atomic E-state index is -0.366. The predicted octanol–water partition coefficient (Wildman–Crippen LogP) is 3.75. The van der Waals surface area contributed by atoms with Gasteiger partial charge in [0.15, 0.2) is 11.6 Å². The van der Waals surface area contributed by atoms with Crippen LogP contribution >= 0.6 is 11.6 Å². The van der Waals surface area contributed by atoms with Gasteiger partial charge in [0.1, 0.15) is 5.75 Å². The summed E-state index contributed by atoms with van der Waals surface area (Å²) in [6, 6.07) is 4.96. The van der Waals surface area contributed by atoms with Gasteiger partial charge in [-0.25, -0.2) is 0 Å². The smallest absolute Gasteiger partial charge is 0.161 e. The zero-order valence-corrected chi connectivity index (χ0v) is 13.9. The van der Waals surface area contributed by atoms with E-state index in [4.69, 9.17) is 11.6 Å². The molecule has 0 unspecified atom stereocenters. The number of Topliss-reactive ketones (excluding diaryl/α,β-unsaturated/α-hetero) is 2. The van der Waals surface area contributed by atoms with E-state index in [-0.39, 0.29) is 28.3 Å². The molecule has 0 aromatic heterocycles. The number of phenols is 1. The molecule has 0 fully saturated rings. The molecule has 124 valence electrons. The number of hydrogen-bond acceptors (Lipinski definition) is 4. The fourth-order valence-corrected chi connectivity index (χ4v) is 4.21. The lowest BCUT2D eigenvalue weighted by atomic mass is 9.71. The van der Waals surface area contributed by atoms with E-state index >= 15 is 0 Å². The Morgan fingerprint density at radius 3 is 2.08 bits per heavy atom. The van der Waals surface area contributed by atoms with Crippen LogP contribution < -0.4 is 5.32 Å². The highest BCUT2D eigenvalue weighted by Crippen LogP contribution is 2.46. The minimum absolute atomic E-state index is 0.00250. The third kappa shape index (κ3) is 2.37. The molecule has 0 spiro atoms. The summed E-state index contributed by atoms with van der Waals surface area (Å²) in [4.78, 5) is 25.3. The van der Waals surface area contributed by atoms with Crippen molar-refractivity contribution in [2.75, 3.05) is 0 Å². The molecule has 1 heterocycles. The van der Waals surface area contributed by atoms with Gasteiger partial charge in [-0.15, -0.1) is 0 Å². The van der Waals surface area contributed by atoms with Gasteiger partial charge in [-0.2, -0.15) is 0 Å². The number of halogens is 1. The molecule has 4 nitrogen and oxygen atoms in total. The first kappa shape index (κ1) is 15.5. The van der Waals surface area contributed by atoms with Gasteiger partial charge in [0.25, 0.3) is 0 Å². The van der Waals surface area contributed by atoms with Crippen LogP contribution in [0.3, 0.4) is 0 Å². The van der Waals surface area contributed by atoms with Crippen molar-refractivity contribution in [3.05, 3.63) is 51.3 Å². The first-order valence-electron chi connectivity index (χ1n) is 8.34. The number of allylic oxidation sites excluding steroid dienone is 4. The van der Waals surface area contributed by atoms with E-state index in [0.717, 1.165) is 42.6 Å². The van der Waals surface area contributed by atoms with E-state index in [2.05, 4.69) is 5.32 Å². The number of phenolic OH excluding ortho intramolecular Hbond substituents is 1. The van der Waals surface area contributed by atoms with E-state index in [1.165, 1.54) is 6.07 Å². The van der Waals surface area contributed by atoms with Gasteiger partial charge in [0, 0.05) is 41.3 Å². The predicted molar refractivity (Wildman–Crippen MR) is 90.8 cm³/mol. The third-order valence-electron chi connectivity index (χ3n) is 5.10. The number of carbonyl (C=O) groups excluding carboxylic acids is 2. The van der Waals surface area contributed by atoms with Crippen molar-refractivity contribution >= 4 is 23.2 Å². The van der Waals surface area contributed by atoms with Crippen LogP contribution in [-0.4, -0.2) is 16.7 Å².